The maximum absolute atomic E-state index is 13.0. The zero-order valence-corrected chi connectivity index (χ0v) is 10.2. The first-order chi connectivity index (χ1) is 8.02. The van der Waals surface area contributed by atoms with E-state index in [4.69, 9.17) is 0 Å². The maximum atomic E-state index is 13.0. The minimum atomic E-state index is -5.96. The predicted octanol–water partition coefficient (Wildman–Crippen LogP) is 3.23. The Morgan fingerprint density at radius 2 is 1.67 bits per heavy atom. The normalized spacial score (nSPS) is 13.6. The van der Waals surface area contributed by atoms with E-state index < -0.39 is 34.6 Å². The lowest BCUT2D eigenvalue weighted by molar-refractivity contribution is -0.0751. The molecule has 0 amide bonds. The second kappa shape index (κ2) is 6.46. The molecule has 0 saturated heterocycles. The van der Waals surface area contributed by atoms with Crippen molar-refractivity contribution in [3.05, 3.63) is 12.7 Å². The van der Waals surface area contributed by atoms with Crippen LogP contribution >= 0.6 is 0 Å². The van der Waals surface area contributed by atoms with E-state index in [1.54, 1.807) is 0 Å². The molecule has 0 unspecified atom stereocenters. The topological polar surface area (TPSA) is 43.4 Å². The molecule has 0 aromatic rings. The van der Waals surface area contributed by atoms with Crippen molar-refractivity contribution in [3.63, 3.8) is 0 Å². The minimum absolute atomic E-state index is 0.0362. The molecule has 3 nitrogen and oxygen atoms in total. The van der Waals surface area contributed by atoms with Gasteiger partial charge in [-0.3, -0.25) is 4.18 Å². The Kier molecular flexibility index (Phi) is 6.21. The molecule has 0 bridgehead atoms. The smallest absolute Gasteiger partial charge is 0.257 e. The van der Waals surface area contributed by atoms with Gasteiger partial charge in [0.1, 0.15) is 6.61 Å². The largest absolute Gasteiger partial charge is 0.523 e. The molecular weight excluding hydrogens is 283 g/mol. The summed E-state index contributed by atoms with van der Waals surface area (Å²) in [6.45, 7) is 1.57. The number of allylic oxidation sites excluding steroid dienone is 1. The van der Waals surface area contributed by atoms with Crippen LogP contribution in [0.2, 0.25) is 0 Å². The van der Waals surface area contributed by atoms with Crippen molar-refractivity contribution in [1.29, 1.82) is 0 Å². The molecule has 0 saturated carbocycles. The fourth-order valence-corrected chi connectivity index (χ4v) is 1.44. The number of halogens is 5. The van der Waals surface area contributed by atoms with Gasteiger partial charge in [-0.25, -0.2) is 8.78 Å². The monoisotopic (exact) mass is 296 g/mol. The van der Waals surface area contributed by atoms with E-state index >= 15 is 0 Å². The van der Waals surface area contributed by atoms with E-state index in [9.17, 15) is 30.4 Å². The number of hydrogen-bond acceptors (Lipinski definition) is 3. The molecule has 0 aliphatic rings. The third-order valence-corrected chi connectivity index (χ3v) is 2.90. The van der Waals surface area contributed by atoms with Gasteiger partial charge in [0, 0.05) is 6.42 Å². The van der Waals surface area contributed by atoms with Gasteiger partial charge in [-0.1, -0.05) is 6.08 Å². The summed E-state index contributed by atoms with van der Waals surface area (Å²) in [5, 5.41) is 0. The highest BCUT2D eigenvalue weighted by molar-refractivity contribution is 7.87. The van der Waals surface area contributed by atoms with Crippen LogP contribution in [0.1, 0.15) is 25.7 Å². The van der Waals surface area contributed by atoms with E-state index in [-0.39, 0.29) is 6.42 Å². The van der Waals surface area contributed by atoms with Gasteiger partial charge in [-0.05, 0) is 19.3 Å². The standard InChI is InChI=1S/C9H13F5O3S/c1-2-3-4-5-6-8(10,11)7-17-18(15,16)9(12,13)14/h2H,1,3-7H2. The van der Waals surface area contributed by atoms with Crippen LogP contribution in [0.4, 0.5) is 22.0 Å². The molecule has 0 aromatic carbocycles. The molecule has 108 valence electrons. The lowest BCUT2D eigenvalue weighted by Gasteiger charge is -2.16. The molecule has 0 heterocycles. The summed E-state index contributed by atoms with van der Waals surface area (Å²) in [6.07, 6.45) is 1.70. The molecule has 0 fully saturated rings. The van der Waals surface area contributed by atoms with E-state index in [0.717, 1.165) is 0 Å². The molecule has 0 aliphatic heterocycles. The van der Waals surface area contributed by atoms with E-state index in [1.165, 1.54) is 6.08 Å². The average Bonchev–Trinajstić information content (AvgIpc) is 2.21. The Labute approximate surface area is 102 Å². The lowest BCUT2D eigenvalue weighted by Crippen LogP contribution is -2.32. The molecular formula is C9H13F5O3S. The summed E-state index contributed by atoms with van der Waals surface area (Å²) in [5.74, 6) is -3.61. The van der Waals surface area contributed by atoms with E-state index in [2.05, 4.69) is 10.8 Å². The number of hydrogen-bond donors (Lipinski definition) is 0. The van der Waals surface area contributed by atoms with Crippen molar-refractivity contribution in [1.82, 2.24) is 0 Å². The van der Waals surface area contributed by atoms with Gasteiger partial charge in [0.15, 0.2) is 0 Å². The first-order valence-electron chi connectivity index (χ1n) is 4.96. The van der Waals surface area contributed by atoms with Gasteiger partial charge in [-0.2, -0.15) is 21.6 Å². The molecule has 0 spiro atoms. The Morgan fingerprint density at radius 1 is 1.11 bits per heavy atom. The van der Waals surface area contributed by atoms with Crippen molar-refractivity contribution in [2.75, 3.05) is 6.61 Å². The van der Waals surface area contributed by atoms with Crippen molar-refractivity contribution in [3.8, 4) is 0 Å². The number of alkyl halides is 5. The van der Waals surface area contributed by atoms with Gasteiger partial charge >= 0.3 is 15.6 Å². The van der Waals surface area contributed by atoms with Crippen LogP contribution in [-0.2, 0) is 14.3 Å². The SMILES string of the molecule is C=CCCCCC(F)(F)COS(=O)(=O)C(F)(F)F. The van der Waals surface area contributed by atoms with Crippen LogP contribution in [-0.4, -0.2) is 26.5 Å². The van der Waals surface area contributed by atoms with Gasteiger partial charge in [-0.15, -0.1) is 6.58 Å². The zero-order chi connectivity index (χ0) is 14.4. The van der Waals surface area contributed by atoms with Crippen LogP contribution in [0.25, 0.3) is 0 Å². The van der Waals surface area contributed by atoms with Crippen molar-refractivity contribution >= 4 is 10.1 Å². The Bertz CT molecular complexity index is 361. The summed E-state index contributed by atoms with van der Waals surface area (Å²) in [5.41, 5.74) is -5.69. The Balaban J connectivity index is 4.22. The summed E-state index contributed by atoms with van der Waals surface area (Å²) in [7, 11) is -5.96. The van der Waals surface area contributed by atoms with Crippen LogP contribution in [0.15, 0.2) is 12.7 Å². The van der Waals surface area contributed by atoms with Crippen molar-refractivity contribution < 1.29 is 34.6 Å². The van der Waals surface area contributed by atoms with Crippen molar-refractivity contribution in [2.24, 2.45) is 0 Å². The van der Waals surface area contributed by atoms with E-state index in [0.29, 0.717) is 12.8 Å². The van der Waals surface area contributed by atoms with Gasteiger partial charge in [0.05, 0.1) is 0 Å². The fourth-order valence-electron chi connectivity index (χ4n) is 0.975. The van der Waals surface area contributed by atoms with Crippen LogP contribution in [0, 0.1) is 0 Å². The highest BCUT2D eigenvalue weighted by atomic mass is 32.2. The van der Waals surface area contributed by atoms with Crippen LogP contribution in [0.3, 0.4) is 0 Å². The number of unbranched alkanes of at least 4 members (excludes halogenated alkanes) is 2. The zero-order valence-electron chi connectivity index (χ0n) is 9.34. The molecule has 0 radical (unpaired) electrons. The third kappa shape index (κ3) is 6.29. The van der Waals surface area contributed by atoms with Gasteiger partial charge in [0.2, 0.25) is 0 Å². The predicted molar refractivity (Wildman–Crippen MR) is 54.5 cm³/mol. The summed E-state index contributed by atoms with van der Waals surface area (Å²) < 4.78 is 85.4. The minimum Gasteiger partial charge on any atom is -0.257 e. The first kappa shape index (κ1) is 17.3. The average molecular weight is 296 g/mol. The van der Waals surface area contributed by atoms with Gasteiger partial charge < -0.3 is 0 Å². The van der Waals surface area contributed by atoms with Crippen LogP contribution in [0.5, 0.6) is 0 Å². The molecule has 0 aliphatic carbocycles. The van der Waals surface area contributed by atoms with Crippen molar-refractivity contribution in [2.45, 2.75) is 37.1 Å². The highest BCUT2D eigenvalue weighted by Crippen LogP contribution is 2.28. The fraction of sp³-hybridized carbons (Fsp3) is 0.778. The molecule has 0 N–H and O–H groups in total. The lowest BCUT2D eigenvalue weighted by atomic mass is 10.1. The molecule has 9 heteroatoms. The molecule has 0 aromatic heterocycles. The third-order valence-electron chi connectivity index (χ3n) is 1.91. The van der Waals surface area contributed by atoms with Crippen LogP contribution < -0.4 is 0 Å². The molecule has 18 heavy (non-hydrogen) atoms. The number of rotatable bonds is 8. The molecule has 0 atom stereocenters. The first-order valence-corrected chi connectivity index (χ1v) is 6.37. The summed E-state index contributed by atoms with van der Waals surface area (Å²) >= 11 is 0. The summed E-state index contributed by atoms with van der Waals surface area (Å²) in [4.78, 5) is 0. The molecule has 0 rings (SSSR count). The Hall–Kier alpha value is -0.700. The summed E-state index contributed by atoms with van der Waals surface area (Å²) in [6, 6.07) is 0. The van der Waals surface area contributed by atoms with E-state index in [1.807, 2.05) is 0 Å². The quantitative estimate of drug-likeness (QED) is 0.227. The van der Waals surface area contributed by atoms with Gasteiger partial charge in [0.25, 0.3) is 5.92 Å². The second-order valence-electron chi connectivity index (χ2n) is 3.55. The highest BCUT2D eigenvalue weighted by Gasteiger charge is 2.48. The Morgan fingerprint density at radius 3 is 2.11 bits per heavy atom. The second-order valence-corrected chi connectivity index (χ2v) is 5.16. The maximum Gasteiger partial charge on any atom is 0.523 e.